The topological polar surface area (TPSA) is 43.1 Å². The van der Waals surface area contributed by atoms with Gasteiger partial charge in [-0.05, 0) is 43.0 Å². The number of anilines is 1. The van der Waals surface area contributed by atoms with E-state index in [0.717, 1.165) is 16.3 Å². The Morgan fingerprint density at radius 1 is 1.31 bits per heavy atom. The molecule has 1 aromatic carbocycles. The summed E-state index contributed by atoms with van der Waals surface area (Å²) in [6.07, 6.45) is 2.50. The predicted molar refractivity (Wildman–Crippen MR) is 54.9 cm³/mol. The lowest BCUT2D eigenvalue weighted by Gasteiger charge is -2.00. The molecule has 70 valence electrons. The lowest BCUT2D eigenvalue weighted by Crippen LogP contribution is -1.99. The van der Waals surface area contributed by atoms with Gasteiger partial charge in [0.1, 0.15) is 0 Å². The van der Waals surface area contributed by atoms with Gasteiger partial charge in [0.2, 0.25) is 0 Å². The van der Waals surface area contributed by atoms with E-state index in [2.05, 4.69) is 0 Å². The summed E-state index contributed by atoms with van der Waals surface area (Å²) in [5, 5.41) is 0. The summed E-state index contributed by atoms with van der Waals surface area (Å²) in [4.78, 5) is 0.904. The highest BCUT2D eigenvalue weighted by molar-refractivity contribution is 7.85. The van der Waals surface area contributed by atoms with E-state index in [1.165, 1.54) is 12.8 Å². The van der Waals surface area contributed by atoms with E-state index in [9.17, 15) is 4.21 Å². The van der Waals surface area contributed by atoms with Crippen LogP contribution in [0.15, 0.2) is 29.2 Å². The van der Waals surface area contributed by atoms with Crippen LogP contribution in [0.5, 0.6) is 0 Å². The largest absolute Gasteiger partial charge is 0.399 e. The highest BCUT2D eigenvalue weighted by atomic mass is 32.2. The molecule has 2 rings (SSSR count). The van der Waals surface area contributed by atoms with Crippen LogP contribution < -0.4 is 5.73 Å². The maximum Gasteiger partial charge on any atom is 0.0532 e. The van der Waals surface area contributed by atoms with Gasteiger partial charge in [-0.2, -0.15) is 0 Å². The quantitative estimate of drug-likeness (QED) is 0.747. The molecule has 1 aromatic rings. The first-order chi connectivity index (χ1) is 6.25. The summed E-state index contributed by atoms with van der Waals surface area (Å²) < 4.78 is 11.7. The standard InChI is InChI=1S/C10H13NOS/c11-9-3-5-10(6-4-9)13(12)7-8-1-2-8/h3-6,8H,1-2,7,11H2. The summed E-state index contributed by atoms with van der Waals surface area (Å²) in [7, 11) is -0.815. The average molecular weight is 195 g/mol. The Kier molecular flexibility index (Phi) is 2.36. The average Bonchev–Trinajstić information content (AvgIpc) is 2.89. The summed E-state index contributed by atoms with van der Waals surface area (Å²) in [6, 6.07) is 7.32. The monoisotopic (exact) mass is 195 g/mol. The predicted octanol–water partition coefficient (Wildman–Crippen LogP) is 1.79. The molecular formula is C10H13NOS. The normalized spacial score (nSPS) is 18.5. The molecule has 0 heterocycles. The third-order valence-corrected chi connectivity index (χ3v) is 3.80. The van der Waals surface area contributed by atoms with E-state index < -0.39 is 10.8 Å². The molecule has 2 N–H and O–H groups in total. The van der Waals surface area contributed by atoms with Gasteiger partial charge in [-0.3, -0.25) is 4.21 Å². The zero-order valence-corrected chi connectivity index (χ0v) is 8.22. The molecule has 1 fully saturated rings. The van der Waals surface area contributed by atoms with Crippen LogP contribution in [0, 0.1) is 5.92 Å². The number of nitrogen functional groups attached to an aromatic ring is 1. The molecule has 1 unspecified atom stereocenters. The van der Waals surface area contributed by atoms with Crippen LogP contribution in [0.25, 0.3) is 0 Å². The Hall–Kier alpha value is -0.830. The van der Waals surface area contributed by atoms with Gasteiger partial charge < -0.3 is 5.73 Å². The van der Waals surface area contributed by atoms with Crippen molar-refractivity contribution in [2.45, 2.75) is 17.7 Å². The third kappa shape index (κ3) is 2.31. The maximum absolute atomic E-state index is 11.7. The minimum Gasteiger partial charge on any atom is -0.399 e. The van der Waals surface area contributed by atoms with E-state index in [1.807, 2.05) is 12.1 Å². The van der Waals surface area contributed by atoms with Crippen molar-refractivity contribution in [3.05, 3.63) is 24.3 Å². The molecule has 0 amide bonds. The summed E-state index contributed by atoms with van der Waals surface area (Å²) >= 11 is 0. The van der Waals surface area contributed by atoms with Gasteiger partial charge in [0, 0.05) is 16.3 Å². The van der Waals surface area contributed by atoms with E-state index >= 15 is 0 Å². The number of hydrogen-bond acceptors (Lipinski definition) is 2. The van der Waals surface area contributed by atoms with Crippen molar-refractivity contribution in [3.8, 4) is 0 Å². The minimum atomic E-state index is -0.815. The molecule has 3 heteroatoms. The maximum atomic E-state index is 11.7. The van der Waals surface area contributed by atoms with Crippen molar-refractivity contribution in [3.63, 3.8) is 0 Å². The number of nitrogens with two attached hydrogens (primary N) is 1. The van der Waals surface area contributed by atoms with Crippen molar-refractivity contribution in [1.82, 2.24) is 0 Å². The number of hydrogen-bond donors (Lipinski definition) is 1. The van der Waals surface area contributed by atoms with Crippen molar-refractivity contribution in [2.75, 3.05) is 11.5 Å². The van der Waals surface area contributed by atoms with Crippen LogP contribution in [-0.4, -0.2) is 9.96 Å². The van der Waals surface area contributed by atoms with Crippen LogP contribution in [0.4, 0.5) is 5.69 Å². The molecule has 1 aliphatic rings. The Morgan fingerprint density at radius 2 is 1.92 bits per heavy atom. The van der Waals surface area contributed by atoms with Crippen LogP contribution in [-0.2, 0) is 10.8 Å². The Morgan fingerprint density at radius 3 is 2.46 bits per heavy atom. The molecule has 0 aliphatic heterocycles. The Labute approximate surface area is 80.6 Å². The van der Waals surface area contributed by atoms with E-state index in [1.54, 1.807) is 12.1 Å². The van der Waals surface area contributed by atoms with Crippen molar-refractivity contribution in [1.29, 1.82) is 0 Å². The molecule has 1 saturated carbocycles. The SMILES string of the molecule is Nc1ccc(S(=O)CC2CC2)cc1. The Bertz CT molecular complexity index is 316. The molecule has 0 aromatic heterocycles. The van der Waals surface area contributed by atoms with Crippen molar-refractivity contribution in [2.24, 2.45) is 5.92 Å². The zero-order valence-electron chi connectivity index (χ0n) is 7.40. The van der Waals surface area contributed by atoms with E-state index in [0.29, 0.717) is 5.92 Å². The number of rotatable bonds is 3. The summed E-state index contributed by atoms with van der Waals surface area (Å²) in [6.45, 7) is 0. The fourth-order valence-corrected chi connectivity index (χ4v) is 2.61. The third-order valence-electron chi connectivity index (χ3n) is 2.23. The first-order valence-electron chi connectivity index (χ1n) is 4.49. The molecule has 13 heavy (non-hydrogen) atoms. The fourth-order valence-electron chi connectivity index (χ4n) is 1.21. The first kappa shape index (κ1) is 8.75. The highest BCUT2D eigenvalue weighted by Crippen LogP contribution is 2.30. The molecule has 2 nitrogen and oxygen atoms in total. The van der Waals surface area contributed by atoms with Gasteiger partial charge >= 0.3 is 0 Å². The molecule has 1 aliphatic carbocycles. The molecule has 0 spiro atoms. The second-order valence-corrected chi connectivity index (χ2v) is 5.02. The summed E-state index contributed by atoms with van der Waals surface area (Å²) in [5.41, 5.74) is 6.27. The van der Waals surface area contributed by atoms with Gasteiger partial charge in [0.05, 0.1) is 10.8 Å². The molecular weight excluding hydrogens is 182 g/mol. The van der Waals surface area contributed by atoms with Gasteiger partial charge in [0.25, 0.3) is 0 Å². The molecule has 1 atom stereocenters. The lowest BCUT2D eigenvalue weighted by molar-refractivity contribution is 0.680. The van der Waals surface area contributed by atoms with Gasteiger partial charge in [0.15, 0.2) is 0 Å². The lowest BCUT2D eigenvalue weighted by atomic mass is 10.3. The minimum absolute atomic E-state index is 0.707. The first-order valence-corrected chi connectivity index (χ1v) is 5.81. The van der Waals surface area contributed by atoms with Gasteiger partial charge in [-0.15, -0.1) is 0 Å². The van der Waals surface area contributed by atoms with Gasteiger partial charge in [-0.1, -0.05) is 0 Å². The van der Waals surface area contributed by atoms with Crippen LogP contribution in [0.2, 0.25) is 0 Å². The van der Waals surface area contributed by atoms with Crippen LogP contribution >= 0.6 is 0 Å². The van der Waals surface area contributed by atoms with Gasteiger partial charge in [-0.25, -0.2) is 0 Å². The van der Waals surface area contributed by atoms with Crippen LogP contribution in [0.3, 0.4) is 0 Å². The van der Waals surface area contributed by atoms with E-state index in [-0.39, 0.29) is 0 Å². The molecule has 0 saturated heterocycles. The molecule has 0 bridgehead atoms. The second kappa shape index (κ2) is 3.50. The number of benzene rings is 1. The summed E-state index contributed by atoms with van der Waals surface area (Å²) in [5.74, 6) is 1.53. The van der Waals surface area contributed by atoms with Crippen molar-refractivity contribution >= 4 is 16.5 Å². The van der Waals surface area contributed by atoms with E-state index in [4.69, 9.17) is 5.73 Å². The Balaban J connectivity index is 2.05. The second-order valence-electron chi connectivity index (χ2n) is 3.52. The highest BCUT2D eigenvalue weighted by Gasteiger charge is 2.24. The fraction of sp³-hybridized carbons (Fsp3) is 0.400. The zero-order chi connectivity index (χ0) is 9.26. The van der Waals surface area contributed by atoms with Crippen LogP contribution in [0.1, 0.15) is 12.8 Å². The van der Waals surface area contributed by atoms with Crippen molar-refractivity contribution < 1.29 is 4.21 Å². The molecule has 0 radical (unpaired) electrons. The smallest absolute Gasteiger partial charge is 0.0532 e.